The number of nitrogens with zero attached hydrogens (tertiary/aromatic N) is 2. The molecule has 3 aromatic rings. The van der Waals surface area contributed by atoms with Gasteiger partial charge in [0.25, 0.3) is 5.91 Å². The van der Waals surface area contributed by atoms with Crippen LogP contribution in [0.3, 0.4) is 0 Å². The number of carbonyl (C=O) groups excluding carboxylic acids is 1. The van der Waals surface area contributed by atoms with Gasteiger partial charge in [-0.3, -0.25) is 4.79 Å². The van der Waals surface area contributed by atoms with Gasteiger partial charge in [-0.15, -0.1) is 0 Å². The van der Waals surface area contributed by atoms with Crippen molar-refractivity contribution in [3.8, 4) is 5.75 Å². The Kier molecular flexibility index (Phi) is 5.26. The predicted octanol–water partition coefficient (Wildman–Crippen LogP) is 5.29. The first-order valence-electron chi connectivity index (χ1n) is 10.8. The minimum atomic E-state index is -4.51. The van der Waals surface area contributed by atoms with Crippen molar-refractivity contribution in [1.29, 1.82) is 0 Å². The number of alkyl halides is 3. The van der Waals surface area contributed by atoms with E-state index in [1.54, 1.807) is 24.3 Å². The molecule has 0 spiro atoms. The molecule has 6 nitrogen and oxygen atoms in total. The Labute approximate surface area is 188 Å². The van der Waals surface area contributed by atoms with Crippen molar-refractivity contribution in [2.75, 3.05) is 17.7 Å². The SMILES string of the molecule is COc1ccc(C2CC(C(F)(F)F)n3nc(C(=O)Nc4ccc5c(c4)CCC5)cc3N2)cc1. The summed E-state index contributed by atoms with van der Waals surface area (Å²) in [6, 6.07) is 11.5. The molecule has 0 saturated carbocycles. The molecule has 2 aromatic carbocycles. The zero-order chi connectivity index (χ0) is 23.2. The van der Waals surface area contributed by atoms with Crippen molar-refractivity contribution in [3.63, 3.8) is 0 Å². The summed E-state index contributed by atoms with van der Waals surface area (Å²) < 4.78 is 47.7. The minimum absolute atomic E-state index is 0.0670. The van der Waals surface area contributed by atoms with E-state index >= 15 is 0 Å². The molecule has 33 heavy (non-hydrogen) atoms. The maximum Gasteiger partial charge on any atom is 0.410 e. The van der Waals surface area contributed by atoms with Gasteiger partial charge >= 0.3 is 6.18 Å². The van der Waals surface area contributed by atoms with Crippen molar-refractivity contribution < 1.29 is 22.7 Å². The largest absolute Gasteiger partial charge is 0.497 e. The first kappa shape index (κ1) is 21.4. The highest BCUT2D eigenvalue weighted by molar-refractivity contribution is 6.03. The number of aryl methyl sites for hydroxylation is 2. The Morgan fingerprint density at radius 1 is 1.12 bits per heavy atom. The van der Waals surface area contributed by atoms with Crippen LogP contribution in [-0.2, 0) is 12.8 Å². The van der Waals surface area contributed by atoms with E-state index < -0.39 is 24.2 Å². The van der Waals surface area contributed by atoms with E-state index in [1.807, 2.05) is 18.2 Å². The van der Waals surface area contributed by atoms with Crippen molar-refractivity contribution in [2.45, 2.75) is 43.9 Å². The fourth-order valence-corrected chi connectivity index (χ4v) is 4.58. The monoisotopic (exact) mass is 456 g/mol. The van der Waals surface area contributed by atoms with Crippen LogP contribution in [0.15, 0.2) is 48.5 Å². The number of rotatable bonds is 4. The molecule has 1 amide bonds. The van der Waals surface area contributed by atoms with Crippen molar-refractivity contribution in [1.82, 2.24) is 9.78 Å². The van der Waals surface area contributed by atoms with E-state index in [0.29, 0.717) is 17.0 Å². The van der Waals surface area contributed by atoms with E-state index in [4.69, 9.17) is 4.74 Å². The van der Waals surface area contributed by atoms with Crippen LogP contribution in [0.5, 0.6) is 5.75 Å². The molecule has 1 aromatic heterocycles. The molecular weight excluding hydrogens is 433 g/mol. The van der Waals surface area contributed by atoms with Gasteiger partial charge in [-0.1, -0.05) is 18.2 Å². The van der Waals surface area contributed by atoms with Gasteiger partial charge in [-0.25, -0.2) is 4.68 Å². The van der Waals surface area contributed by atoms with Gasteiger partial charge in [0.1, 0.15) is 11.6 Å². The van der Waals surface area contributed by atoms with Crippen molar-refractivity contribution in [2.24, 2.45) is 0 Å². The molecule has 2 heterocycles. The normalized spacial score (nSPS) is 19.4. The molecule has 0 saturated heterocycles. The number of hydrogen-bond acceptors (Lipinski definition) is 4. The second-order valence-electron chi connectivity index (χ2n) is 8.41. The zero-order valence-electron chi connectivity index (χ0n) is 17.9. The number of halogens is 3. The number of benzene rings is 2. The highest BCUT2D eigenvalue weighted by Gasteiger charge is 2.46. The van der Waals surface area contributed by atoms with Crippen molar-refractivity contribution in [3.05, 3.63) is 70.9 Å². The second kappa shape index (κ2) is 8.13. The molecule has 2 atom stereocenters. The maximum atomic E-state index is 13.9. The fraction of sp³-hybridized carbons (Fsp3) is 0.333. The molecule has 0 radical (unpaired) electrons. The number of hydrogen-bond donors (Lipinski definition) is 2. The van der Waals surface area contributed by atoms with Crippen LogP contribution in [0, 0.1) is 0 Å². The molecule has 1 aliphatic carbocycles. The number of amides is 1. The smallest absolute Gasteiger partial charge is 0.410 e. The number of nitrogens with one attached hydrogen (secondary N) is 2. The summed E-state index contributed by atoms with van der Waals surface area (Å²) in [5.74, 6) is 0.236. The molecular formula is C24H23F3N4O2. The van der Waals surface area contributed by atoms with Gasteiger partial charge in [-0.2, -0.15) is 18.3 Å². The molecule has 1 aliphatic heterocycles. The Morgan fingerprint density at radius 2 is 1.88 bits per heavy atom. The van der Waals surface area contributed by atoms with Crippen LogP contribution in [0.2, 0.25) is 0 Å². The number of fused-ring (bicyclic) bond motifs is 2. The number of carbonyl (C=O) groups is 1. The third-order valence-corrected chi connectivity index (χ3v) is 6.30. The quantitative estimate of drug-likeness (QED) is 0.560. The van der Waals surface area contributed by atoms with Crippen LogP contribution in [0.1, 0.15) is 52.1 Å². The van der Waals surface area contributed by atoms with E-state index in [0.717, 1.165) is 23.9 Å². The Balaban J connectivity index is 1.41. The van der Waals surface area contributed by atoms with Crippen molar-refractivity contribution >= 4 is 17.4 Å². The first-order chi connectivity index (χ1) is 15.8. The maximum absolute atomic E-state index is 13.9. The zero-order valence-corrected chi connectivity index (χ0v) is 17.9. The average molecular weight is 456 g/mol. The Morgan fingerprint density at radius 3 is 2.61 bits per heavy atom. The summed E-state index contributed by atoms with van der Waals surface area (Å²) in [5.41, 5.74) is 3.71. The lowest BCUT2D eigenvalue weighted by atomic mass is 9.97. The van der Waals surface area contributed by atoms with Crippen LogP contribution in [0.25, 0.3) is 0 Å². The molecule has 2 N–H and O–H groups in total. The van der Waals surface area contributed by atoms with E-state index in [2.05, 4.69) is 15.7 Å². The fourth-order valence-electron chi connectivity index (χ4n) is 4.58. The molecule has 2 unspecified atom stereocenters. The Hall–Kier alpha value is -3.49. The number of anilines is 2. The highest BCUT2D eigenvalue weighted by Crippen LogP contribution is 2.43. The molecule has 5 rings (SSSR count). The van der Waals surface area contributed by atoms with E-state index in [-0.39, 0.29) is 17.9 Å². The van der Waals surface area contributed by atoms with E-state index in [9.17, 15) is 18.0 Å². The molecule has 0 bridgehead atoms. The number of ether oxygens (including phenoxy) is 1. The standard InChI is InChI=1S/C24H23F3N4O2/c1-33-18-9-6-15(7-10-18)19-12-21(24(25,26)27)31-22(29-19)13-20(30-31)23(32)28-17-8-5-14-3-2-4-16(14)11-17/h5-11,13,19,21,29H,2-4,12H2,1H3,(H,28,32). The summed E-state index contributed by atoms with van der Waals surface area (Å²) in [4.78, 5) is 12.8. The minimum Gasteiger partial charge on any atom is -0.497 e. The van der Waals surface area contributed by atoms with Crippen LogP contribution < -0.4 is 15.4 Å². The van der Waals surface area contributed by atoms with Gasteiger partial charge < -0.3 is 15.4 Å². The molecule has 2 aliphatic rings. The van der Waals surface area contributed by atoms with Gasteiger partial charge in [0.05, 0.1) is 13.2 Å². The molecule has 0 fully saturated rings. The lowest BCUT2D eigenvalue weighted by molar-refractivity contribution is -0.173. The topological polar surface area (TPSA) is 68.2 Å². The predicted molar refractivity (Wildman–Crippen MR) is 118 cm³/mol. The second-order valence-corrected chi connectivity index (χ2v) is 8.41. The highest BCUT2D eigenvalue weighted by atomic mass is 19.4. The van der Waals surface area contributed by atoms with Gasteiger partial charge in [0, 0.05) is 18.2 Å². The van der Waals surface area contributed by atoms with Gasteiger partial charge in [0.2, 0.25) is 0 Å². The first-order valence-corrected chi connectivity index (χ1v) is 10.8. The Bertz CT molecular complexity index is 1190. The van der Waals surface area contributed by atoms with Crippen LogP contribution in [0.4, 0.5) is 24.7 Å². The van der Waals surface area contributed by atoms with Crippen LogP contribution in [-0.4, -0.2) is 29.0 Å². The van der Waals surface area contributed by atoms with Gasteiger partial charge in [0.15, 0.2) is 11.7 Å². The molecule has 9 heteroatoms. The number of aromatic nitrogens is 2. The summed E-state index contributed by atoms with van der Waals surface area (Å²) in [5, 5.41) is 9.90. The summed E-state index contributed by atoms with van der Waals surface area (Å²) in [6.45, 7) is 0. The van der Waals surface area contributed by atoms with Gasteiger partial charge in [-0.05, 0) is 60.2 Å². The summed E-state index contributed by atoms with van der Waals surface area (Å²) in [7, 11) is 1.53. The summed E-state index contributed by atoms with van der Waals surface area (Å²) in [6.07, 6.45) is -1.68. The third-order valence-electron chi connectivity index (χ3n) is 6.30. The lowest BCUT2D eigenvalue weighted by Gasteiger charge is -2.33. The molecule has 172 valence electrons. The van der Waals surface area contributed by atoms with Crippen LogP contribution >= 0.6 is 0 Å². The summed E-state index contributed by atoms with van der Waals surface area (Å²) >= 11 is 0. The lowest BCUT2D eigenvalue weighted by Crippen LogP contribution is -2.35. The average Bonchev–Trinajstić information content (AvgIpc) is 3.44. The van der Waals surface area contributed by atoms with E-state index in [1.165, 1.54) is 24.3 Å². The third kappa shape index (κ3) is 4.15. The number of methoxy groups -OCH3 is 1.